The number of nitrogens with zero attached hydrogens (tertiary/aromatic N) is 3. The zero-order valence-electron chi connectivity index (χ0n) is 20.1. The normalized spacial score (nSPS) is 17.0. The molecule has 4 rings (SSSR count). The molecule has 0 fully saturated rings. The Labute approximate surface area is 207 Å². The molecule has 3 aromatic rings. The van der Waals surface area contributed by atoms with E-state index in [0.29, 0.717) is 18.5 Å². The summed E-state index contributed by atoms with van der Waals surface area (Å²) < 4.78 is 27.8. The summed E-state index contributed by atoms with van der Waals surface area (Å²) in [4.78, 5) is 45.4. The first-order valence-corrected chi connectivity index (χ1v) is 11.7. The van der Waals surface area contributed by atoms with Crippen molar-refractivity contribution < 1.29 is 23.2 Å². The van der Waals surface area contributed by atoms with Gasteiger partial charge < -0.3 is 20.1 Å². The number of imidazole rings is 1. The van der Waals surface area contributed by atoms with Gasteiger partial charge >= 0.3 is 0 Å². The van der Waals surface area contributed by atoms with E-state index < -0.39 is 17.4 Å². The van der Waals surface area contributed by atoms with E-state index in [1.165, 1.54) is 40.1 Å². The van der Waals surface area contributed by atoms with Crippen molar-refractivity contribution in [2.24, 2.45) is 0 Å². The average Bonchev–Trinajstić information content (AvgIpc) is 3.29. The Morgan fingerprint density at radius 1 is 0.972 bits per heavy atom. The quantitative estimate of drug-likeness (QED) is 0.502. The van der Waals surface area contributed by atoms with Crippen LogP contribution < -0.4 is 10.6 Å². The van der Waals surface area contributed by atoms with Crippen molar-refractivity contribution in [1.29, 1.82) is 0 Å². The lowest BCUT2D eigenvalue weighted by Gasteiger charge is -2.43. The van der Waals surface area contributed by atoms with Crippen LogP contribution in [-0.4, -0.2) is 44.3 Å². The molecule has 188 valence electrons. The van der Waals surface area contributed by atoms with Gasteiger partial charge in [0.1, 0.15) is 22.9 Å². The zero-order valence-corrected chi connectivity index (χ0v) is 20.1. The first-order chi connectivity index (χ1) is 17.2. The molecule has 2 heterocycles. The molecule has 1 atom stereocenters. The lowest BCUT2D eigenvalue weighted by molar-refractivity contribution is -0.133. The minimum atomic E-state index is -1.22. The predicted octanol–water partition coefficient (Wildman–Crippen LogP) is 3.03. The van der Waals surface area contributed by atoms with E-state index in [0.717, 1.165) is 5.56 Å². The number of nitrogens with one attached hydrogen (secondary N) is 2. The Balaban J connectivity index is 1.53. The summed E-state index contributed by atoms with van der Waals surface area (Å²) in [5, 5.41) is 5.56. The van der Waals surface area contributed by atoms with Crippen molar-refractivity contribution in [2.75, 3.05) is 6.54 Å². The molecule has 36 heavy (non-hydrogen) atoms. The highest BCUT2D eigenvalue weighted by Gasteiger charge is 2.48. The number of hydrogen-bond donors (Lipinski definition) is 2. The van der Waals surface area contributed by atoms with Crippen LogP contribution in [0.1, 0.15) is 52.4 Å². The maximum Gasteiger partial charge on any atom is 0.273 e. The van der Waals surface area contributed by atoms with Crippen molar-refractivity contribution in [2.45, 2.75) is 45.4 Å². The third kappa shape index (κ3) is 4.98. The first-order valence-electron chi connectivity index (χ1n) is 11.7. The fourth-order valence-electron chi connectivity index (χ4n) is 4.27. The van der Waals surface area contributed by atoms with Crippen LogP contribution in [-0.2, 0) is 24.4 Å². The molecule has 1 aliphatic heterocycles. The number of carbonyl (C=O) groups excluding carboxylic acids is 3. The number of amides is 3. The minimum absolute atomic E-state index is 0.0306. The number of benzene rings is 2. The fraction of sp³-hybridized carbons (Fsp3) is 0.308. The van der Waals surface area contributed by atoms with Crippen LogP contribution in [0.2, 0.25) is 0 Å². The van der Waals surface area contributed by atoms with Gasteiger partial charge in [-0.1, -0.05) is 31.2 Å². The number of rotatable bonds is 8. The van der Waals surface area contributed by atoms with Gasteiger partial charge in [-0.05, 0) is 48.7 Å². The molecular weight excluding hydrogens is 468 g/mol. The van der Waals surface area contributed by atoms with Crippen LogP contribution in [0.25, 0.3) is 0 Å². The van der Waals surface area contributed by atoms with E-state index in [2.05, 4.69) is 15.6 Å². The number of carbonyl (C=O) groups is 3. The number of aromatic nitrogens is 2. The van der Waals surface area contributed by atoms with Gasteiger partial charge in [0, 0.05) is 19.6 Å². The molecule has 1 aromatic heterocycles. The molecular formula is C26H27F2N5O3. The van der Waals surface area contributed by atoms with E-state index >= 15 is 0 Å². The highest BCUT2D eigenvalue weighted by molar-refractivity contribution is 6.07. The fourth-order valence-corrected chi connectivity index (χ4v) is 4.27. The molecule has 0 bridgehead atoms. The Morgan fingerprint density at radius 2 is 1.53 bits per heavy atom. The second kappa shape index (κ2) is 10.3. The van der Waals surface area contributed by atoms with Crippen LogP contribution >= 0.6 is 0 Å². The van der Waals surface area contributed by atoms with Crippen molar-refractivity contribution in [3.05, 3.63) is 89.0 Å². The van der Waals surface area contributed by atoms with Gasteiger partial charge in [0.25, 0.3) is 11.8 Å². The van der Waals surface area contributed by atoms with Crippen LogP contribution in [0.15, 0.2) is 54.9 Å². The molecule has 8 nitrogen and oxygen atoms in total. The van der Waals surface area contributed by atoms with E-state index in [4.69, 9.17) is 0 Å². The molecule has 3 amide bonds. The third-order valence-electron chi connectivity index (χ3n) is 6.24. The van der Waals surface area contributed by atoms with Gasteiger partial charge in [0.05, 0.1) is 12.9 Å². The van der Waals surface area contributed by atoms with Crippen molar-refractivity contribution in [3.63, 3.8) is 0 Å². The molecule has 2 aromatic carbocycles. The molecule has 0 spiro atoms. The summed E-state index contributed by atoms with van der Waals surface area (Å²) in [7, 11) is 0. The molecule has 0 saturated carbocycles. The van der Waals surface area contributed by atoms with Gasteiger partial charge in [-0.2, -0.15) is 0 Å². The van der Waals surface area contributed by atoms with Gasteiger partial charge in [0.2, 0.25) is 5.91 Å². The van der Waals surface area contributed by atoms with E-state index in [9.17, 15) is 23.2 Å². The lowest BCUT2D eigenvalue weighted by Crippen LogP contribution is -2.64. The van der Waals surface area contributed by atoms with Gasteiger partial charge in [-0.25, -0.2) is 13.8 Å². The summed E-state index contributed by atoms with van der Waals surface area (Å²) in [6, 6.07) is 11.5. The molecule has 0 radical (unpaired) electrons. The summed E-state index contributed by atoms with van der Waals surface area (Å²) in [5.74, 6) is -2.11. The SMILES string of the molecule is CCCN1C(=O)c2c(C(=O)NCc3ccc(F)cc3)ncn2C[C@@]1(C)C(=O)NCc1ccc(F)cc1. The maximum atomic E-state index is 13.6. The number of hydrogen-bond acceptors (Lipinski definition) is 4. The molecule has 0 aliphatic carbocycles. The summed E-state index contributed by atoms with van der Waals surface area (Å²) in [6.07, 6.45) is 1.99. The molecule has 10 heteroatoms. The second-order valence-corrected chi connectivity index (χ2v) is 8.92. The van der Waals surface area contributed by atoms with Gasteiger partial charge in [-0.3, -0.25) is 14.4 Å². The summed E-state index contributed by atoms with van der Waals surface area (Å²) in [5.41, 5.74) is 0.284. The molecule has 1 aliphatic rings. The van der Waals surface area contributed by atoms with E-state index in [1.807, 2.05) is 6.92 Å². The maximum absolute atomic E-state index is 13.6. The number of halogens is 2. The lowest BCUT2D eigenvalue weighted by atomic mass is 9.94. The zero-order chi connectivity index (χ0) is 25.9. The largest absolute Gasteiger partial charge is 0.350 e. The summed E-state index contributed by atoms with van der Waals surface area (Å²) in [6.45, 7) is 4.31. The summed E-state index contributed by atoms with van der Waals surface area (Å²) >= 11 is 0. The smallest absolute Gasteiger partial charge is 0.273 e. The van der Waals surface area contributed by atoms with Crippen molar-refractivity contribution >= 4 is 17.7 Å². The highest BCUT2D eigenvalue weighted by atomic mass is 19.1. The standard InChI is InChI=1S/C26H27F2N5O3/c1-3-12-33-24(35)22-21(23(34)29-13-17-4-8-19(27)9-5-17)31-16-32(22)15-26(33,2)25(36)30-14-18-6-10-20(28)11-7-18/h4-11,16H,3,12-15H2,1-2H3,(H,29,34)(H,30,36)/t26-/m0/s1. The molecule has 0 saturated heterocycles. The molecule has 2 N–H and O–H groups in total. The Hall–Kier alpha value is -4.08. The Kier molecular flexibility index (Phi) is 7.14. The van der Waals surface area contributed by atoms with Crippen LogP contribution in [0.5, 0.6) is 0 Å². The van der Waals surface area contributed by atoms with E-state index in [1.54, 1.807) is 31.2 Å². The number of fused-ring (bicyclic) bond motifs is 1. The van der Waals surface area contributed by atoms with Crippen molar-refractivity contribution in [3.8, 4) is 0 Å². The van der Waals surface area contributed by atoms with E-state index in [-0.39, 0.29) is 48.6 Å². The third-order valence-corrected chi connectivity index (χ3v) is 6.24. The Morgan fingerprint density at radius 3 is 2.08 bits per heavy atom. The Bertz CT molecular complexity index is 1270. The second-order valence-electron chi connectivity index (χ2n) is 8.92. The monoisotopic (exact) mass is 495 g/mol. The topological polar surface area (TPSA) is 96.3 Å². The highest BCUT2D eigenvalue weighted by Crippen LogP contribution is 2.29. The average molecular weight is 496 g/mol. The van der Waals surface area contributed by atoms with Gasteiger partial charge in [0.15, 0.2) is 5.69 Å². The van der Waals surface area contributed by atoms with Crippen LogP contribution in [0.4, 0.5) is 8.78 Å². The van der Waals surface area contributed by atoms with Crippen molar-refractivity contribution in [1.82, 2.24) is 25.1 Å². The van der Waals surface area contributed by atoms with Crippen LogP contribution in [0, 0.1) is 11.6 Å². The van der Waals surface area contributed by atoms with Crippen LogP contribution in [0.3, 0.4) is 0 Å². The first kappa shape index (κ1) is 25.0. The van der Waals surface area contributed by atoms with Gasteiger partial charge in [-0.15, -0.1) is 0 Å². The predicted molar refractivity (Wildman–Crippen MR) is 128 cm³/mol. The molecule has 0 unspecified atom stereocenters. The minimum Gasteiger partial charge on any atom is -0.350 e.